The largest absolute Gasteiger partial charge is 0.351 e. The topological polar surface area (TPSA) is 77.0 Å². The molecule has 2 rings (SSSR count). The second kappa shape index (κ2) is 21.8. The Balaban J connectivity index is 0.000000761. The van der Waals surface area contributed by atoms with Gasteiger partial charge in [0.15, 0.2) is 5.84 Å². The summed E-state index contributed by atoms with van der Waals surface area (Å²) in [5.41, 5.74) is 5.55. The van der Waals surface area contributed by atoms with Gasteiger partial charge in [-0.15, -0.1) is 10.3 Å². The Morgan fingerprint density at radius 3 is 2.37 bits per heavy atom. The minimum Gasteiger partial charge on any atom is -0.351 e. The van der Waals surface area contributed by atoms with Crippen LogP contribution in [0.2, 0.25) is 5.02 Å². The molecule has 0 radical (unpaired) electrons. The van der Waals surface area contributed by atoms with Gasteiger partial charge in [0.25, 0.3) is 5.91 Å². The van der Waals surface area contributed by atoms with E-state index in [1.54, 1.807) is 26.1 Å². The highest BCUT2D eigenvalue weighted by atomic mass is 35.5. The number of nitrogens with zero attached hydrogens (tertiary/aromatic N) is 2. The molecule has 41 heavy (non-hydrogen) atoms. The molecule has 0 bridgehead atoms. The van der Waals surface area contributed by atoms with Crippen molar-refractivity contribution in [1.29, 1.82) is 0 Å². The summed E-state index contributed by atoms with van der Waals surface area (Å²) in [7, 11) is 0.412. The third-order valence-electron chi connectivity index (χ3n) is 6.61. The van der Waals surface area contributed by atoms with Gasteiger partial charge in [-0.05, 0) is 87.9 Å². The Hall–Kier alpha value is -1.90. The van der Waals surface area contributed by atoms with E-state index in [9.17, 15) is 9.35 Å². The number of benzene rings is 1. The van der Waals surface area contributed by atoms with Crippen LogP contribution in [0.5, 0.6) is 0 Å². The first-order chi connectivity index (χ1) is 19.6. The van der Waals surface area contributed by atoms with Crippen LogP contribution in [0.15, 0.2) is 59.3 Å². The molecule has 1 aromatic carbocycles. The lowest BCUT2D eigenvalue weighted by Gasteiger charge is -2.33. The van der Waals surface area contributed by atoms with E-state index < -0.39 is 10.3 Å². The van der Waals surface area contributed by atoms with Gasteiger partial charge in [-0.25, -0.2) is 15.4 Å². The molecule has 2 atom stereocenters. The number of hydrogen-bond donors (Lipinski definition) is 3. The van der Waals surface area contributed by atoms with Crippen molar-refractivity contribution in [3.05, 3.63) is 64.9 Å². The summed E-state index contributed by atoms with van der Waals surface area (Å²) in [6, 6.07) is 7.28. The second-order valence-corrected chi connectivity index (χ2v) is 13.7. The lowest BCUT2D eigenvalue weighted by atomic mass is 9.97. The summed E-state index contributed by atoms with van der Waals surface area (Å²) in [4.78, 5) is 17.1. The maximum atomic E-state index is 12.8. The van der Waals surface area contributed by atoms with Crippen molar-refractivity contribution < 1.29 is 9.35 Å². The van der Waals surface area contributed by atoms with E-state index in [1.165, 1.54) is 24.3 Å². The van der Waals surface area contributed by atoms with Crippen molar-refractivity contribution in [2.45, 2.75) is 81.1 Å². The molecule has 1 aromatic rings. The lowest BCUT2D eigenvalue weighted by molar-refractivity contribution is -0.123. The fourth-order valence-electron chi connectivity index (χ4n) is 4.36. The fourth-order valence-corrected chi connectivity index (χ4v) is 6.84. The van der Waals surface area contributed by atoms with Gasteiger partial charge in [-0.3, -0.25) is 4.79 Å². The van der Waals surface area contributed by atoms with Crippen LogP contribution in [-0.4, -0.2) is 58.7 Å². The number of hydrogen-bond acceptors (Lipinski definition) is 5. The molecule has 6 nitrogen and oxygen atoms in total. The molecular formula is C33H57ClN4O2S. The predicted octanol–water partition coefficient (Wildman–Crippen LogP) is 8.71. The quantitative estimate of drug-likeness (QED) is 0.185. The molecule has 234 valence electrons. The van der Waals surface area contributed by atoms with Crippen LogP contribution < -0.4 is 10.7 Å². The van der Waals surface area contributed by atoms with Crippen LogP contribution in [0.4, 0.5) is 0 Å². The molecule has 0 saturated carbocycles. The highest BCUT2D eigenvalue weighted by Crippen LogP contribution is 2.44. The fraction of sp³-hybridized carbons (Fsp3) is 0.576. The number of amides is 1. The summed E-state index contributed by atoms with van der Waals surface area (Å²) in [6.45, 7) is 22.5. The van der Waals surface area contributed by atoms with Crippen molar-refractivity contribution in [1.82, 2.24) is 15.8 Å². The number of aliphatic imine (C=N–C) groups is 1. The minimum absolute atomic E-state index is 0.207. The van der Waals surface area contributed by atoms with Crippen LogP contribution in [0.3, 0.4) is 0 Å². The van der Waals surface area contributed by atoms with Crippen LogP contribution in [0.25, 0.3) is 5.57 Å². The van der Waals surface area contributed by atoms with E-state index in [0.717, 1.165) is 48.3 Å². The summed E-state index contributed by atoms with van der Waals surface area (Å²) < 4.78 is 10.4. The van der Waals surface area contributed by atoms with Gasteiger partial charge < -0.3 is 9.87 Å². The number of hydrazine groups is 1. The van der Waals surface area contributed by atoms with Gasteiger partial charge in [-0.1, -0.05) is 84.0 Å². The van der Waals surface area contributed by atoms with Crippen LogP contribution in [0.1, 0.15) is 86.6 Å². The molecule has 1 amide bonds. The van der Waals surface area contributed by atoms with E-state index in [0.29, 0.717) is 27.7 Å². The van der Waals surface area contributed by atoms with E-state index in [4.69, 9.17) is 11.6 Å². The molecule has 0 aromatic heterocycles. The average Bonchev–Trinajstić information content (AvgIpc) is 2.95. The molecule has 2 unspecified atom stereocenters. The number of allylic oxidation sites excluding steroid dienone is 2. The van der Waals surface area contributed by atoms with Crippen molar-refractivity contribution in [2.24, 2.45) is 10.9 Å². The monoisotopic (exact) mass is 608 g/mol. The lowest BCUT2D eigenvalue weighted by Crippen LogP contribution is -2.48. The van der Waals surface area contributed by atoms with Crippen molar-refractivity contribution in [3.63, 3.8) is 0 Å². The zero-order valence-corrected chi connectivity index (χ0v) is 28.7. The summed E-state index contributed by atoms with van der Waals surface area (Å²) in [6.07, 6.45) is 8.56. The Morgan fingerprint density at radius 1 is 1.20 bits per heavy atom. The normalized spacial score (nSPS) is 18.0. The SMILES string of the molecule is C=C(C)N=C1/C(=C\C)C=C(c2ccccc2Cl)C(=O)N1NC.CC.CCCS(O)(CC)CCCC(C)CCNCC. The van der Waals surface area contributed by atoms with E-state index in [-0.39, 0.29) is 5.91 Å². The number of rotatable bonds is 14. The van der Waals surface area contributed by atoms with Crippen LogP contribution in [0, 0.1) is 5.92 Å². The van der Waals surface area contributed by atoms with E-state index >= 15 is 0 Å². The van der Waals surface area contributed by atoms with Gasteiger partial charge >= 0.3 is 0 Å². The third kappa shape index (κ3) is 13.7. The molecule has 8 heteroatoms. The number of halogens is 1. The molecule has 0 aliphatic carbocycles. The Labute approximate surface area is 257 Å². The van der Waals surface area contributed by atoms with Crippen molar-refractivity contribution in [3.8, 4) is 0 Å². The molecule has 1 heterocycles. The standard InChI is InChI=1S/C17H18ClN3O.C14H33NOS.C2H6/c1-5-12-10-14(13-8-6-7-9-15(13)18)17(22)21(19-4)16(12)20-11(2)3;1-5-12-17(16,7-3)13-8-9-14(4)10-11-15-6-2;1-2/h5-10,19H,2H2,1,3-4H3;14-16H,5-13H2,1-4H3;1-2H3/b12-5-,20-16?;;. The molecule has 0 fully saturated rings. The molecule has 0 spiro atoms. The van der Waals surface area contributed by atoms with Gasteiger partial charge in [0.05, 0.1) is 5.57 Å². The van der Waals surface area contributed by atoms with Crippen molar-refractivity contribution in [2.75, 3.05) is 37.4 Å². The molecule has 3 N–H and O–H groups in total. The number of amidine groups is 1. The first-order valence-corrected chi connectivity index (χ1v) is 17.6. The van der Waals surface area contributed by atoms with Gasteiger partial charge in [0, 0.05) is 28.9 Å². The smallest absolute Gasteiger partial charge is 0.274 e. The highest BCUT2D eigenvalue weighted by Gasteiger charge is 2.30. The summed E-state index contributed by atoms with van der Waals surface area (Å²) in [5, 5.41) is 5.31. The zero-order valence-electron chi connectivity index (χ0n) is 27.1. The number of nitrogens with one attached hydrogen (secondary N) is 2. The maximum absolute atomic E-state index is 12.8. The zero-order chi connectivity index (χ0) is 31.4. The van der Waals surface area contributed by atoms with Gasteiger partial charge in [-0.2, -0.15) is 0 Å². The molecule has 0 saturated heterocycles. The number of carbonyl (C=O) groups excluding carboxylic acids is 1. The third-order valence-corrected chi connectivity index (χ3v) is 10.2. The first-order valence-electron chi connectivity index (χ1n) is 15.2. The van der Waals surface area contributed by atoms with Crippen LogP contribution >= 0.6 is 21.9 Å². The minimum atomic E-state index is -1.26. The summed E-state index contributed by atoms with van der Waals surface area (Å²) >= 11 is 6.23. The molecule has 1 aliphatic heterocycles. The Morgan fingerprint density at radius 2 is 1.85 bits per heavy atom. The predicted molar refractivity (Wildman–Crippen MR) is 185 cm³/mol. The molecule has 1 aliphatic rings. The van der Waals surface area contributed by atoms with Gasteiger partial charge in [0.1, 0.15) is 0 Å². The Bertz CT molecular complexity index is 1020. The Kier molecular flexibility index (Phi) is 20.7. The van der Waals surface area contributed by atoms with E-state index in [2.05, 4.69) is 50.0 Å². The first kappa shape index (κ1) is 39.1. The van der Waals surface area contributed by atoms with E-state index in [1.807, 2.05) is 45.0 Å². The van der Waals surface area contributed by atoms with Crippen molar-refractivity contribution >= 4 is 39.2 Å². The second-order valence-electron chi connectivity index (χ2n) is 9.90. The average molecular weight is 609 g/mol. The molecular weight excluding hydrogens is 552 g/mol. The van der Waals surface area contributed by atoms with Gasteiger partial charge in [0.2, 0.25) is 0 Å². The van der Waals surface area contributed by atoms with Crippen LogP contribution in [-0.2, 0) is 4.79 Å². The number of carbonyl (C=O) groups is 1. The maximum Gasteiger partial charge on any atom is 0.274 e. The summed E-state index contributed by atoms with van der Waals surface area (Å²) in [5.74, 6) is 4.18. The highest BCUT2D eigenvalue weighted by molar-refractivity contribution is 8.29.